The van der Waals surface area contributed by atoms with Crippen molar-refractivity contribution in [2.75, 3.05) is 0 Å². The molecule has 0 aliphatic heterocycles. The Morgan fingerprint density at radius 3 is 1.02 bits per heavy atom. The van der Waals surface area contributed by atoms with Gasteiger partial charge in [0.05, 0.1) is 35.3 Å². The first-order valence-corrected chi connectivity index (χ1v) is 9.45. The molecule has 178 valence electrons. The number of hydrogen-bond acceptors (Lipinski definition) is 16. The van der Waals surface area contributed by atoms with E-state index in [4.69, 9.17) is 0 Å². The van der Waals surface area contributed by atoms with E-state index in [0.717, 1.165) is 0 Å². The molecule has 0 atom stereocenters. The summed E-state index contributed by atoms with van der Waals surface area (Å²) in [6, 6.07) is 8.76. The van der Waals surface area contributed by atoms with Crippen molar-refractivity contribution in [3.8, 4) is 34.4 Å². The third-order valence-electron chi connectivity index (χ3n) is 4.37. The van der Waals surface area contributed by atoms with Crippen molar-refractivity contribution in [2.45, 2.75) is 0 Å². The first-order chi connectivity index (χ1) is 17.2. The van der Waals surface area contributed by atoms with Crippen LogP contribution in [-0.2, 0) is 0 Å². The molecule has 0 amide bonds. The summed E-state index contributed by atoms with van der Waals surface area (Å²) in [6.07, 6.45) is 0. The van der Waals surface area contributed by atoms with Crippen LogP contribution in [0.4, 0.5) is 0 Å². The second-order valence-electron chi connectivity index (χ2n) is 6.63. The smallest absolute Gasteiger partial charge is 0.543 e. The molecule has 0 bridgehead atoms. The van der Waals surface area contributed by atoms with Gasteiger partial charge in [0.25, 0.3) is 0 Å². The Kier molecular flexibility index (Phi) is 15.8. The van der Waals surface area contributed by atoms with Gasteiger partial charge in [-0.15, -0.1) is 20.4 Å². The maximum Gasteiger partial charge on any atom is 1.00 e. The van der Waals surface area contributed by atoms with Crippen LogP contribution in [0.2, 0.25) is 0 Å². The second-order valence-corrected chi connectivity index (χ2v) is 6.63. The minimum absolute atomic E-state index is 0. The van der Waals surface area contributed by atoms with Gasteiger partial charge in [0, 0.05) is 0 Å². The Balaban J connectivity index is 0.00000380. The van der Waals surface area contributed by atoms with Crippen LogP contribution in [0.25, 0.3) is 34.4 Å². The third kappa shape index (κ3) is 8.60. The molecule has 20 heteroatoms. The third-order valence-corrected chi connectivity index (χ3v) is 4.37. The van der Waals surface area contributed by atoms with Gasteiger partial charge in [-0.2, -0.15) is 0 Å². The van der Waals surface area contributed by atoms with Gasteiger partial charge in [0.2, 0.25) is 11.6 Å². The predicted octanol–water partition coefficient (Wildman–Crippen LogP) is -16.7. The van der Waals surface area contributed by atoms with Crippen molar-refractivity contribution in [3.63, 3.8) is 0 Å². The SMILES string of the molecule is O=C([O-])c1nnc(-c2cccc(-c3cccc(-c4nnc(C(=O)[O-])c(C(=O)[O-])n4)n3)n2)nc1C(=O)[O-].[Na+].[Na+].[Na+].[Na+]. The van der Waals surface area contributed by atoms with Gasteiger partial charge < -0.3 is 39.6 Å². The minimum Gasteiger partial charge on any atom is -0.543 e. The average molecular weight is 578 g/mol. The molecule has 4 rings (SSSR count). The number of carboxylic acid groups (broad SMARTS) is 4. The van der Waals surface area contributed by atoms with Crippen LogP contribution in [0.5, 0.6) is 0 Å². The molecule has 4 heterocycles. The Morgan fingerprint density at radius 2 is 0.725 bits per heavy atom. The summed E-state index contributed by atoms with van der Waals surface area (Å²) in [7, 11) is 0. The van der Waals surface area contributed by atoms with E-state index in [-0.39, 0.29) is 153 Å². The molecule has 0 aliphatic rings. The van der Waals surface area contributed by atoms with Crippen LogP contribution in [0, 0.1) is 0 Å². The zero-order valence-corrected chi connectivity index (χ0v) is 29.3. The number of aromatic nitrogens is 8. The average Bonchev–Trinajstić information content (AvgIpc) is 2.88. The number of rotatable bonds is 7. The normalized spacial score (nSPS) is 9.50. The summed E-state index contributed by atoms with van der Waals surface area (Å²) < 4.78 is 0. The fraction of sp³-hybridized carbons (Fsp3) is 0. The molecule has 0 unspecified atom stereocenters. The molecule has 4 aromatic rings. The molecule has 0 aromatic carbocycles. The van der Waals surface area contributed by atoms with Crippen molar-refractivity contribution in [1.29, 1.82) is 0 Å². The van der Waals surface area contributed by atoms with Crippen LogP contribution in [0.15, 0.2) is 36.4 Å². The van der Waals surface area contributed by atoms with Gasteiger partial charge in [-0.1, -0.05) is 12.1 Å². The van der Waals surface area contributed by atoms with Crippen molar-refractivity contribution < 1.29 is 158 Å². The molecule has 0 saturated heterocycles. The maximum atomic E-state index is 11.2. The van der Waals surface area contributed by atoms with E-state index in [9.17, 15) is 39.6 Å². The standard InChI is InChI=1S/C20H10N8O8.4Na/c29-17(30)11-13(19(33)34)25-27-15(23-11)9-5-1-3-7(21-9)8-4-2-6-10(22-8)16-24-12(18(31)32)14(20(35)36)26-28-16;;;;/h1-6H,(H,29,30)(H,31,32)(H,33,34)(H,35,36);;;;/q;4*+1/p-4. The Labute approximate surface area is 311 Å². The van der Waals surface area contributed by atoms with E-state index in [2.05, 4.69) is 40.3 Å². The number of aromatic carboxylic acids is 4. The van der Waals surface area contributed by atoms with Gasteiger partial charge >= 0.3 is 118 Å². The van der Waals surface area contributed by atoms with Crippen molar-refractivity contribution in [3.05, 3.63) is 59.2 Å². The van der Waals surface area contributed by atoms with E-state index < -0.39 is 46.7 Å². The molecule has 0 saturated carbocycles. The summed E-state index contributed by atoms with van der Waals surface area (Å²) >= 11 is 0. The molecule has 0 N–H and O–H groups in total. The second kappa shape index (κ2) is 16.6. The van der Waals surface area contributed by atoms with E-state index in [0.29, 0.717) is 0 Å². The zero-order valence-electron chi connectivity index (χ0n) is 21.3. The monoisotopic (exact) mass is 578 g/mol. The van der Waals surface area contributed by atoms with Gasteiger partial charge in [0.15, 0.2) is 0 Å². The summed E-state index contributed by atoms with van der Waals surface area (Å²) in [5.41, 5.74) is -3.66. The van der Waals surface area contributed by atoms with Gasteiger partial charge in [-0.05, 0) is 24.3 Å². The predicted molar refractivity (Wildman–Crippen MR) is 102 cm³/mol. The summed E-state index contributed by atoms with van der Waals surface area (Å²) in [6.45, 7) is 0. The summed E-state index contributed by atoms with van der Waals surface area (Å²) in [4.78, 5) is 60.3. The molecule has 40 heavy (non-hydrogen) atoms. The number of carbonyl (C=O) groups excluding carboxylic acids is 4. The number of pyridine rings is 2. The Bertz CT molecular complexity index is 1480. The Morgan fingerprint density at radius 1 is 0.425 bits per heavy atom. The molecule has 16 nitrogen and oxygen atoms in total. The minimum atomic E-state index is -1.91. The largest absolute Gasteiger partial charge is 1.00 e. The number of hydrogen-bond donors (Lipinski definition) is 0. The van der Waals surface area contributed by atoms with Crippen LogP contribution in [-0.4, -0.2) is 64.2 Å². The summed E-state index contributed by atoms with van der Waals surface area (Å²) in [5, 5.41) is 58.2. The van der Waals surface area contributed by atoms with Crippen molar-refractivity contribution >= 4 is 23.9 Å². The van der Waals surface area contributed by atoms with Crippen LogP contribution >= 0.6 is 0 Å². The van der Waals surface area contributed by atoms with Crippen LogP contribution in [0.3, 0.4) is 0 Å². The fourth-order valence-corrected chi connectivity index (χ4v) is 2.83. The van der Waals surface area contributed by atoms with Crippen molar-refractivity contribution in [1.82, 2.24) is 40.3 Å². The van der Waals surface area contributed by atoms with Gasteiger partial charge in [-0.25, -0.2) is 19.9 Å². The quantitative estimate of drug-likeness (QED) is 0.184. The molecular formula is C20H6N8Na4O8. The van der Waals surface area contributed by atoms with E-state index in [1.54, 1.807) is 0 Å². The molecule has 0 radical (unpaired) electrons. The van der Waals surface area contributed by atoms with Crippen LogP contribution < -0.4 is 139 Å². The van der Waals surface area contributed by atoms with E-state index in [1.165, 1.54) is 36.4 Å². The molecular weight excluding hydrogens is 572 g/mol. The topological polar surface area (TPSA) is 264 Å². The Hall–Kier alpha value is -1.80. The van der Waals surface area contributed by atoms with E-state index in [1.807, 2.05) is 0 Å². The first kappa shape index (κ1) is 38.2. The van der Waals surface area contributed by atoms with E-state index >= 15 is 0 Å². The molecule has 0 spiro atoms. The number of carbonyl (C=O) groups is 4. The van der Waals surface area contributed by atoms with Gasteiger partial charge in [-0.3, -0.25) is 0 Å². The molecule has 0 aliphatic carbocycles. The number of carboxylic acids is 4. The summed E-state index contributed by atoms with van der Waals surface area (Å²) in [5.74, 6) is -8.30. The first-order valence-electron chi connectivity index (χ1n) is 9.45. The fourth-order valence-electron chi connectivity index (χ4n) is 2.83. The molecule has 0 fully saturated rings. The molecule has 4 aromatic heterocycles. The number of nitrogens with zero attached hydrogens (tertiary/aromatic N) is 8. The van der Waals surface area contributed by atoms with Crippen LogP contribution in [0.1, 0.15) is 42.0 Å². The maximum absolute atomic E-state index is 11.2. The zero-order chi connectivity index (χ0) is 26.0. The van der Waals surface area contributed by atoms with Gasteiger partial charge in [0.1, 0.15) is 34.2 Å². The van der Waals surface area contributed by atoms with Crippen molar-refractivity contribution in [2.24, 2.45) is 0 Å².